The topological polar surface area (TPSA) is 47.7 Å². The molecule has 0 amide bonds. The third-order valence-electron chi connectivity index (χ3n) is 4.63. The molecule has 4 nitrogen and oxygen atoms in total. The van der Waals surface area contributed by atoms with Crippen LogP contribution < -0.4 is 5.73 Å². The summed E-state index contributed by atoms with van der Waals surface area (Å²) in [5, 5.41) is 0. The van der Waals surface area contributed by atoms with E-state index >= 15 is 0 Å². The molecule has 0 aromatic carbocycles. The van der Waals surface area contributed by atoms with Gasteiger partial charge in [-0.2, -0.15) is 0 Å². The lowest BCUT2D eigenvalue weighted by Gasteiger charge is -2.49. The normalized spacial score (nSPS) is 30.8. The molecule has 112 valence electrons. The smallest absolute Gasteiger partial charge is 0.0644 e. The predicted molar refractivity (Wildman–Crippen MR) is 77.2 cm³/mol. The van der Waals surface area contributed by atoms with Crippen LogP contribution in [-0.2, 0) is 9.47 Å². The van der Waals surface area contributed by atoms with Crippen molar-refractivity contribution >= 4 is 0 Å². The molecular weight excluding hydrogens is 240 g/mol. The molecule has 0 aromatic rings. The van der Waals surface area contributed by atoms with Crippen LogP contribution in [0.5, 0.6) is 0 Å². The van der Waals surface area contributed by atoms with Crippen LogP contribution in [0.4, 0.5) is 0 Å². The highest BCUT2D eigenvalue weighted by Crippen LogP contribution is 2.35. The van der Waals surface area contributed by atoms with Gasteiger partial charge in [-0.05, 0) is 52.5 Å². The summed E-state index contributed by atoms with van der Waals surface area (Å²) in [7, 11) is 2.18. The minimum Gasteiger partial charge on any atom is -0.380 e. The number of nitrogens with zero attached hydrogens (tertiary/aromatic N) is 1. The molecule has 0 spiro atoms. The van der Waals surface area contributed by atoms with Gasteiger partial charge in [0.25, 0.3) is 0 Å². The summed E-state index contributed by atoms with van der Waals surface area (Å²) >= 11 is 0. The molecule has 2 N–H and O–H groups in total. The van der Waals surface area contributed by atoms with Gasteiger partial charge in [0.2, 0.25) is 0 Å². The second-order valence-electron chi connectivity index (χ2n) is 6.90. The Morgan fingerprint density at radius 2 is 2.11 bits per heavy atom. The van der Waals surface area contributed by atoms with Crippen molar-refractivity contribution in [2.45, 2.75) is 50.7 Å². The Morgan fingerprint density at radius 1 is 1.37 bits per heavy atom. The van der Waals surface area contributed by atoms with Crippen molar-refractivity contribution in [2.75, 3.05) is 40.0 Å². The van der Waals surface area contributed by atoms with Crippen molar-refractivity contribution in [1.82, 2.24) is 4.90 Å². The van der Waals surface area contributed by atoms with E-state index in [1.54, 1.807) is 0 Å². The highest BCUT2D eigenvalue weighted by atomic mass is 16.5. The molecule has 0 radical (unpaired) electrons. The fourth-order valence-electron chi connectivity index (χ4n) is 3.08. The molecule has 0 aromatic heterocycles. The second-order valence-corrected chi connectivity index (χ2v) is 6.90. The van der Waals surface area contributed by atoms with E-state index in [4.69, 9.17) is 15.2 Å². The van der Waals surface area contributed by atoms with Crippen LogP contribution in [0.15, 0.2) is 0 Å². The molecule has 2 aliphatic rings. The van der Waals surface area contributed by atoms with Gasteiger partial charge in [-0.15, -0.1) is 0 Å². The first kappa shape index (κ1) is 15.2. The highest BCUT2D eigenvalue weighted by molar-refractivity contribution is 4.98. The summed E-state index contributed by atoms with van der Waals surface area (Å²) in [6, 6.07) is 0. The molecule has 1 aliphatic heterocycles. The molecule has 2 rings (SSSR count). The van der Waals surface area contributed by atoms with Gasteiger partial charge in [-0.25, -0.2) is 0 Å². The van der Waals surface area contributed by atoms with Gasteiger partial charge >= 0.3 is 0 Å². The molecule has 19 heavy (non-hydrogen) atoms. The summed E-state index contributed by atoms with van der Waals surface area (Å²) in [4.78, 5) is 2.39. The highest BCUT2D eigenvalue weighted by Gasteiger charge is 2.42. The monoisotopic (exact) mass is 270 g/mol. The average Bonchev–Trinajstić information content (AvgIpc) is 3.17. The summed E-state index contributed by atoms with van der Waals surface area (Å²) in [6.45, 7) is 8.53. The van der Waals surface area contributed by atoms with E-state index < -0.39 is 0 Å². The van der Waals surface area contributed by atoms with Gasteiger partial charge < -0.3 is 15.2 Å². The molecule has 1 atom stereocenters. The van der Waals surface area contributed by atoms with Crippen molar-refractivity contribution in [3.05, 3.63) is 0 Å². The Kier molecular flexibility index (Phi) is 4.88. The first-order valence-electron chi connectivity index (χ1n) is 7.60. The maximum absolute atomic E-state index is 6.08. The minimum atomic E-state index is -0.0687. The zero-order chi connectivity index (χ0) is 13.9. The van der Waals surface area contributed by atoms with Crippen LogP contribution in [-0.4, -0.2) is 56.0 Å². The number of hydrogen-bond donors (Lipinski definition) is 1. The molecule has 0 bridgehead atoms. The number of nitrogens with two attached hydrogens (primary N) is 1. The first-order chi connectivity index (χ1) is 8.97. The molecule has 1 saturated carbocycles. The van der Waals surface area contributed by atoms with Crippen molar-refractivity contribution in [3.8, 4) is 0 Å². The van der Waals surface area contributed by atoms with E-state index in [2.05, 4.69) is 25.8 Å². The average molecular weight is 270 g/mol. The zero-order valence-corrected chi connectivity index (χ0v) is 12.8. The quantitative estimate of drug-likeness (QED) is 0.714. The zero-order valence-electron chi connectivity index (χ0n) is 12.8. The summed E-state index contributed by atoms with van der Waals surface area (Å²) in [5.41, 5.74) is 6.09. The second kappa shape index (κ2) is 6.08. The van der Waals surface area contributed by atoms with Gasteiger partial charge in [0.15, 0.2) is 0 Å². The van der Waals surface area contributed by atoms with Crippen molar-refractivity contribution in [2.24, 2.45) is 11.7 Å². The standard InChI is InChI=1S/C15H30N2O2/c1-14(2)11-15(12-16,6-8-19-14)17(3)7-9-18-10-13-4-5-13/h13H,4-12,16H2,1-3H3. The van der Waals surface area contributed by atoms with Crippen LogP contribution in [0.2, 0.25) is 0 Å². The SMILES string of the molecule is CN(CCOCC1CC1)C1(CN)CCOC(C)(C)C1. The van der Waals surface area contributed by atoms with Crippen LogP contribution >= 0.6 is 0 Å². The summed E-state index contributed by atoms with van der Waals surface area (Å²) in [5.74, 6) is 0.843. The Morgan fingerprint density at radius 3 is 2.68 bits per heavy atom. The molecule has 1 unspecified atom stereocenters. The maximum Gasteiger partial charge on any atom is 0.0644 e. The third kappa shape index (κ3) is 4.15. The Bertz CT molecular complexity index is 292. The number of hydrogen-bond acceptors (Lipinski definition) is 4. The molecular formula is C15H30N2O2. The van der Waals surface area contributed by atoms with Gasteiger partial charge in [0.1, 0.15) is 0 Å². The molecule has 2 fully saturated rings. The molecule has 4 heteroatoms. The Balaban J connectivity index is 1.80. The largest absolute Gasteiger partial charge is 0.380 e. The van der Waals surface area contributed by atoms with Crippen LogP contribution in [0.3, 0.4) is 0 Å². The lowest BCUT2D eigenvalue weighted by atomic mass is 9.80. The lowest BCUT2D eigenvalue weighted by molar-refractivity contribution is -0.115. The fraction of sp³-hybridized carbons (Fsp3) is 1.00. The summed E-state index contributed by atoms with van der Waals surface area (Å²) < 4.78 is 11.6. The number of likely N-dealkylation sites (N-methyl/N-ethyl adjacent to an activating group) is 1. The van der Waals surface area contributed by atoms with E-state index in [0.29, 0.717) is 6.54 Å². The summed E-state index contributed by atoms with van der Waals surface area (Å²) in [6.07, 6.45) is 4.73. The van der Waals surface area contributed by atoms with E-state index in [1.807, 2.05) is 0 Å². The first-order valence-corrected chi connectivity index (χ1v) is 7.60. The Labute approximate surface area is 117 Å². The van der Waals surface area contributed by atoms with E-state index in [9.17, 15) is 0 Å². The van der Waals surface area contributed by atoms with E-state index in [0.717, 1.165) is 45.1 Å². The minimum absolute atomic E-state index is 0.0687. The molecule has 1 aliphatic carbocycles. The Hall–Kier alpha value is -0.160. The number of rotatable bonds is 7. The third-order valence-corrected chi connectivity index (χ3v) is 4.63. The van der Waals surface area contributed by atoms with Crippen LogP contribution in [0, 0.1) is 5.92 Å². The van der Waals surface area contributed by atoms with Crippen LogP contribution in [0.1, 0.15) is 39.5 Å². The van der Waals surface area contributed by atoms with Crippen molar-refractivity contribution in [3.63, 3.8) is 0 Å². The fourth-order valence-corrected chi connectivity index (χ4v) is 3.08. The van der Waals surface area contributed by atoms with Gasteiger partial charge in [-0.3, -0.25) is 4.90 Å². The van der Waals surface area contributed by atoms with Gasteiger partial charge in [-0.1, -0.05) is 0 Å². The predicted octanol–water partition coefficient (Wildman–Crippen LogP) is 1.63. The van der Waals surface area contributed by atoms with Gasteiger partial charge in [0, 0.05) is 31.8 Å². The van der Waals surface area contributed by atoms with Crippen LogP contribution in [0.25, 0.3) is 0 Å². The maximum atomic E-state index is 6.08. The molecule has 1 heterocycles. The van der Waals surface area contributed by atoms with Crippen molar-refractivity contribution < 1.29 is 9.47 Å². The number of ether oxygens (including phenoxy) is 2. The molecule has 1 saturated heterocycles. The van der Waals surface area contributed by atoms with Gasteiger partial charge in [0.05, 0.1) is 12.2 Å². The lowest BCUT2D eigenvalue weighted by Crippen LogP contribution is -2.59. The van der Waals surface area contributed by atoms with E-state index in [-0.39, 0.29) is 11.1 Å². The van der Waals surface area contributed by atoms with Crippen molar-refractivity contribution in [1.29, 1.82) is 0 Å². The van der Waals surface area contributed by atoms with E-state index in [1.165, 1.54) is 12.8 Å².